The second-order valence-corrected chi connectivity index (χ2v) is 6.80. The molecule has 4 aromatic rings. The molecule has 4 rings (SSSR count). The Morgan fingerprint density at radius 3 is 2.93 bits per heavy atom. The quantitative estimate of drug-likeness (QED) is 0.531. The fourth-order valence-corrected chi connectivity index (χ4v) is 3.35. The van der Waals surface area contributed by atoms with Gasteiger partial charge in [0.2, 0.25) is 11.0 Å². The van der Waals surface area contributed by atoms with E-state index in [2.05, 4.69) is 25.5 Å². The highest BCUT2D eigenvalue weighted by Gasteiger charge is 2.11. The maximum Gasteiger partial charge on any atom is 0.258 e. The van der Waals surface area contributed by atoms with Gasteiger partial charge in [0.25, 0.3) is 5.56 Å². The molecular formula is C18H15N5O3S. The number of furan rings is 1. The van der Waals surface area contributed by atoms with Crippen molar-refractivity contribution < 1.29 is 9.21 Å². The van der Waals surface area contributed by atoms with Crippen molar-refractivity contribution in [3.8, 4) is 10.8 Å². The number of hydrogen-bond donors (Lipinski definition) is 2. The maximum absolute atomic E-state index is 12.1. The first kappa shape index (κ1) is 17.1. The molecule has 8 nitrogen and oxygen atoms in total. The molecule has 1 amide bonds. The molecule has 0 saturated carbocycles. The van der Waals surface area contributed by atoms with Gasteiger partial charge in [0.1, 0.15) is 5.82 Å². The zero-order valence-electron chi connectivity index (χ0n) is 14.1. The van der Waals surface area contributed by atoms with E-state index in [1.807, 2.05) is 6.07 Å². The number of aryl methyl sites for hydroxylation is 1. The standard InChI is InChI=1S/C18H15N5O3S/c24-15(21-18-23-22-17(27-18)13-7-4-10-26-13)9-3-8-14-19-12-6-2-1-5-11(12)16(25)20-14/h1-2,4-7,10H,3,8-9H2,(H,19,20,25)(H,21,23,24). The number of aromatic amines is 1. The number of fused-ring (bicyclic) bond motifs is 1. The van der Waals surface area contributed by atoms with Gasteiger partial charge < -0.3 is 14.7 Å². The Hall–Kier alpha value is -3.33. The molecule has 9 heteroatoms. The molecule has 0 fully saturated rings. The Balaban J connectivity index is 1.33. The maximum atomic E-state index is 12.1. The first-order valence-electron chi connectivity index (χ1n) is 8.34. The second-order valence-electron chi connectivity index (χ2n) is 5.82. The molecule has 3 aromatic heterocycles. The minimum atomic E-state index is -0.167. The molecule has 27 heavy (non-hydrogen) atoms. The number of H-pyrrole nitrogens is 1. The number of amides is 1. The zero-order valence-corrected chi connectivity index (χ0v) is 15.0. The van der Waals surface area contributed by atoms with Crippen LogP contribution in [0.3, 0.4) is 0 Å². The highest BCUT2D eigenvalue weighted by Crippen LogP contribution is 2.26. The summed E-state index contributed by atoms with van der Waals surface area (Å²) in [7, 11) is 0. The van der Waals surface area contributed by atoms with Gasteiger partial charge in [-0.15, -0.1) is 10.2 Å². The van der Waals surface area contributed by atoms with Crippen LogP contribution in [0.25, 0.3) is 21.7 Å². The number of rotatable bonds is 6. The topological polar surface area (TPSA) is 114 Å². The summed E-state index contributed by atoms with van der Waals surface area (Å²) in [5, 5.41) is 12.2. The third kappa shape index (κ3) is 3.93. The molecule has 0 aliphatic heterocycles. The van der Waals surface area contributed by atoms with E-state index in [1.54, 1.807) is 36.6 Å². The van der Waals surface area contributed by atoms with Gasteiger partial charge in [0, 0.05) is 12.8 Å². The third-order valence-electron chi connectivity index (χ3n) is 3.88. The minimum absolute atomic E-state index is 0.166. The molecule has 0 unspecified atom stereocenters. The Kier molecular flexibility index (Phi) is 4.75. The van der Waals surface area contributed by atoms with Crippen LogP contribution in [0.4, 0.5) is 5.13 Å². The van der Waals surface area contributed by atoms with Gasteiger partial charge in [0.05, 0.1) is 17.2 Å². The second kappa shape index (κ2) is 7.50. The van der Waals surface area contributed by atoms with E-state index in [1.165, 1.54) is 11.3 Å². The van der Waals surface area contributed by atoms with Gasteiger partial charge in [-0.3, -0.25) is 9.59 Å². The Bertz CT molecular complexity index is 1130. The van der Waals surface area contributed by atoms with Crippen molar-refractivity contribution in [1.29, 1.82) is 0 Å². The van der Waals surface area contributed by atoms with E-state index in [0.29, 0.717) is 45.5 Å². The van der Waals surface area contributed by atoms with Crippen molar-refractivity contribution in [3.63, 3.8) is 0 Å². The summed E-state index contributed by atoms with van der Waals surface area (Å²) in [5.41, 5.74) is 0.486. The number of carbonyl (C=O) groups is 1. The molecule has 0 atom stereocenters. The van der Waals surface area contributed by atoms with Crippen LogP contribution in [0.2, 0.25) is 0 Å². The van der Waals surface area contributed by atoms with Crippen molar-refractivity contribution in [3.05, 3.63) is 58.8 Å². The van der Waals surface area contributed by atoms with Gasteiger partial charge in [0.15, 0.2) is 10.8 Å². The van der Waals surface area contributed by atoms with Crippen molar-refractivity contribution in [2.75, 3.05) is 5.32 Å². The van der Waals surface area contributed by atoms with Crippen molar-refractivity contribution >= 4 is 33.3 Å². The summed E-state index contributed by atoms with van der Waals surface area (Å²) in [5.74, 6) is 1.02. The van der Waals surface area contributed by atoms with E-state index in [4.69, 9.17) is 4.42 Å². The molecule has 0 spiro atoms. The monoisotopic (exact) mass is 381 g/mol. The number of hydrogen-bond acceptors (Lipinski definition) is 7. The Morgan fingerprint density at radius 2 is 2.07 bits per heavy atom. The van der Waals surface area contributed by atoms with Crippen molar-refractivity contribution in [1.82, 2.24) is 20.2 Å². The first-order chi connectivity index (χ1) is 13.2. The number of nitrogens with one attached hydrogen (secondary N) is 2. The molecule has 0 bridgehead atoms. The predicted molar refractivity (Wildman–Crippen MR) is 102 cm³/mol. The van der Waals surface area contributed by atoms with Crippen molar-refractivity contribution in [2.45, 2.75) is 19.3 Å². The highest BCUT2D eigenvalue weighted by molar-refractivity contribution is 7.18. The molecule has 0 aliphatic rings. The Morgan fingerprint density at radius 1 is 1.19 bits per heavy atom. The van der Waals surface area contributed by atoms with Gasteiger partial charge in [-0.05, 0) is 30.7 Å². The molecular weight excluding hydrogens is 366 g/mol. The van der Waals surface area contributed by atoms with E-state index >= 15 is 0 Å². The van der Waals surface area contributed by atoms with Crippen LogP contribution < -0.4 is 10.9 Å². The molecule has 0 aliphatic carbocycles. The van der Waals surface area contributed by atoms with Gasteiger partial charge in [-0.25, -0.2) is 4.98 Å². The molecule has 3 heterocycles. The predicted octanol–water partition coefficient (Wildman–Crippen LogP) is 3.00. The Labute approximate surface area is 157 Å². The van der Waals surface area contributed by atoms with E-state index < -0.39 is 0 Å². The van der Waals surface area contributed by atoms with Gasteiger partial charge in [-0.2, -0.15) is 0 Å². The van der Waals surface area contributed by atoms with Gasteiger partial charge >= 0.3 is 0 Å². The van der Waals surface area contributed by atoms with Gasteiger partial charge in [-0.1, -0.05) is 23.5 Å². The SMILES string of the molecule is O=C(CCCc1nc2ccccc2c(=O)[nH]1)Nc1nnc(-c2ccco2)s1. The minimum Gasteiger partial charge on any atom is -0.462 e. The summed E-state index contributed by atoms with van der Waals surface area (Å²) in [6, 6.07) is 10.7. The fourth-order valence-electron chi connectivity index (χ4n) is 2.62. The lowest BCUT2D eigenvalue weighted by molar-refractivity contribution is -0.116. The smallest absolute Gasteiger partial charge is 0.258 e. The lowest BCUT2D eigenvalue weighted by Crippen LogP contribution is -2.14. The average Bonchev–Trinajstić information content (AvgIpc) is 3.33. The normalized spacial score (nSPS) is 11.0. The van der Waals surface area contributed by atoms with Crippen LogP contribution in [-0.2, 0) is 11.2 Å². The van der Waals surface area contributed by atoms with Crippen LogP contribution in [0.15, 0.2) is 51.9 Å². The molecule has 136 valence electrons. The molecule has 1 aromatic carbocycles. The number of anilines is 1. The lowest BCUT2D eigenvalue weighted by atomic mass is 10.2. The van der Waals surface area contributed by atoms with Crippen LogP contribution in [0.1, 0.15) is 18.7 Å². The number of nitrogens with zero attached hydrogens (tertiary/aromatic N) is 3. The summed E-state index contributed by atoms with van der Waals surface area (Å²) in [6.07, 6.45) is 2.89. The van der Waals surface area contributed by atoms with Crippen LogP contribution in [0, 0.1) is 0 Å². The highest BCUT2D eigenvalue weighted by atomic mass is 32.1. The summed E-state index contributed by atoms with van der Waals surface area (Å²) in [4.78, 5) is 31.3. The third-order valence-corrected chi connectivity index (χ3v) is 4.74. The fraction of sp³-hybridized carbons (Fsp3) is 0.167. The first-order valence-corrected chi connectivity index (χ1v) is 9.16. The zero-order chi connectivity index (χ0) is 18.6. The number of benzene rings is 1. The largest absolute Gasteiger partial charge is 0.462 e. The molecule has 0 saturated heterocycles. The van der Waals surface area contributed by atoms with Crippen LogP contribution in [-0.4, -0.2) is 26.1 Å². The number of carbonyl (C=O) groups excluding carboxylic acids is 1. The number of para-hydroxylation sites is 1. The van der Waals surface area contributed by atoms with E-state index in [-0.39, 0.29) is 17.9 Å². The summed E-state index contributed by atoms with van der Waals surface area (Å²) >= 11 is 1.24. The van der Waals surface area contributed by atoms with Crippen LogP contribution in [0.5, 0.6) is 0 Å². The van der Waals surface area contributed by atoms with E-state index in [9.17, 15) is 9.59 Å². The summed E-state index contributed by atoms with van der Waals surface area (Å²) in [6.45, 7) is 0. The average molecular weight is 381 g/mol. The molecule has 2 N–H and O–H groups in total. The lowest BCUT2D eigenvalue weighted by Gasteiger charge is -2.03. The van der Waals surface area contributed by atoms with Crippen LogP contribution >= 0.6 is 11.3 Å². The van der Waals surface area contributed by atoms with E-state index in [0.717, 1.165) is 0 Å². The number of aromatic nitrogens is 4. The van der Waals surface area contributed by atoms with Crippen molar-refractivity contribution in [2.24, 2.45) is 0 Å². The summed E-state index contributed by atoms with van der Waals surface area (Å²) < 4.78 is 5.25. The molecule has 0 radical (unpaired) electrons.